The highest BCUT2D eigenvalue weighted by Gasteiger charge is 2.11. The Labute approximate surface area is 69.9 Å². The summed E-state index contributed by atoms with van der Waals surface area (Å²) in [6.45, 7) is 0. The van der Waals surface area contributed by atoms with E-state index in [9.17, 15) is 9.59 Å². The van der Waals surface area contributed by atoms with Gasteiger partial charge in [0, 0.05) is 20.3 Å². The Morgan fingerprint density at radius 1 is 1.33 bits per heavy atom. The summed E-state index contributed by atoms with van der Waals surface area (Å²) in [4.78, 5) is 22.1. The summed E-state index contributed by atoms with van der Waals surface area (Å²) in [5.74, 6) is -2.35. The molecule has 0 aromatic heterocycles. The van der Waals surface area contributed by atoms with Crippen LogP contribution in [0, 0.1) is 0 Å². The van der Waals surface area contributed by atoms with Gasteiger partial charge in [-0.05, 0) is 0 Å². The normalized spacial score (nSPS) is 11.0. The number of carboxylic acid groups (broad SMARTS) is 2. The molecule has 5 heteroatoms. The molecule has 68 valence electrons. The van der Waals surface area contributed by atoms with Crippen LogP contribution in [0.4, 0.5) is 0 Å². The van der Waals surface area contributed by atoms with Crippen LogP contribution < -0.4 is 0 Å². The molecular formula is C7H11NO4. The number of rotatable bonds is 4. The SMILES string of the molecule is CN(C)C=C(CC(=O)O)C(=O)O. The second-order valence-electron chi connectivity index (χ2n) is 2.49. The van der Waals surface area contributed by atoms with Gasteiger partial charge in [-0.25, -0.2) is 4.79 Å². The molecule has 0 atom stereocenters. The number of aliphatic carboxylic acids is 2. The minimum absolute atomic E-state index is 0.132. The molecule has 0 bridgehead atoms. The molecule has 0 heterocycles. The van der Waals surface area contributed by atoms with E-state index in [0.717, 1.165) is 0 Å². The summed E-state index contributed by atoms with van der Waals surface area (Å²) in [6.07, 6.45) is 0.809. The molecule has 12 heavy (non-hydrogen) atoms. The summed E-state index contributed by atoms with van der Waals surface area (Å²) < 4.78 is 0. The predicted molar refractivity (Wildman–Crippen MR) is 41.7 cm³/mol. The molecule has 5 nitrogen and oxygen atoms in total. The third kappa shape index (κ3) is 4.32. The smallest absolute Gasteiger partial charge is 0.333 e. The highest BCUT2D eigenvalue weighted by atomic mass is 16.4. The largest absolute Gasteiger partial charge is 0.481 e. The average molecular weight is 173 g/mol. The number of carboxylic acids is 2. The van der Waals surface area contributed by atoms with Crippen LogP contribution in [0.2, 0.25) is 0 Å². The number of hydrogen-bond acceptors (Lipinski definition) is 3. The maximum atomic E-state index is 10.4. The number of hydrogen-bond donors (Lipinski definition) is 2. The molecule has 0 aliphatic carbocycles. The van der Waals surface area contributed by atoms with Crippen molar-refractivity contribution in [1.82, 2.24) is 4.90 Å². The van der Waals surface area contributed by atoms with Gasteiger partial charge in [0.25, 0.3) is 0 Å². The number of nitrogens with zero attached hydrogens (tertiary/aromatic N) is 1. The van der Waals surface area contributed by atoms with Crippen LogP contribution in [0.25, 0.3) is 0 Å². The van der Waals surface area contributed by atoms with Crippen LogP contribution in [-0.2, 0) is 9.59 Å². The standard InChI is InChI=1S/C7H11NO4/c1-8(2)4-5(7(11)12)3-6(9)10/h4H,3H2,1-2H3,(H,9,10)(H,11,12). The topological polar surface area (TPSA) is 77.8 Å². The molecule has 0 spiro atoms. The van der Waals surface area contributed by atoms with Crippen LogP contribution in [0.15, 0.2) is 11.8 Å². The van der Waals surface area contributed by atoms with Crippen molar-refractivity contribution in [2.75, 3.05) is 14.1 Å². The zero-order valence-corrected chi connectivity index (χ0v) is 6.94. The fourth-order valence-electron chi connectivity index (χ4n) is 0.651. The summed E-state index contributed by atoms with van der Waals surface area (Å²) in [5.41, 5.74) is -0.132. The molecule has 0 saturated heterocycles. The van der Waals surface area contributed by atoms with Crippen molar-refractivity contribution in [2.24, 2.45) is 0 Å². The van der Waals surface area contributed by atoms with Gasteiger partial charge >= 0.3 is 11.9 Å². The maximum absolute atomic E-state index is 10.4. The van der Waals surface area contributed by atoms with E-state index in [2.05, 4.69) is 0 Å². The third-order valence-corrected chi connectivity index (χ3v) is 1.03. The molecule has 2 N–H and O–H groups in total. The fraction of sp³-hybridized carbons (Fsp3) is 0.429. The quantitative estimate of drug-likeness (QED) is 0.584. The van der Waals surface area contributed by atoms with E-state index in [1.54, 1.807) is 14.1 Å². The van der Waals surface area contributed by atoms with Gasteiger partial charge < -0.3 is 15.1 Å². The molecule has 0 saturated carbocycles. The molecule has 0 aromatic carbocycles. The van der Waals surface area contributed by atoms with Gasteiger partial charge in [0.15, 0.2) is 0 Å². The molecule has 0 rings (SSSR count). The maximum Gasteiger partial charge on any atom is 0.333 e. The monoisotopic (exact) mass is 173 g/mol. The minimum Gasteiger partial charge on any atom is -0.481 e. The molecule has 0 radical (unpaired) electrons. The molecule has 0 aliphatic heterocycles. The summed E-state index contributed by atoms with van der Waals surface area (Å²) in [5, 5.41) is 16.8. The van der Waals surface area contributed by atoms with Crippen molar-refractivity contribution < 1.29 is 19.8 Å². The second-order valence-corrected chi connectivity index (χ2v) is 2.49. The van der Waals surface area contributed by atoms with Gasteiger partial charge in [0.2, 0.25) is 0 Å². The van der Waals surface area contributed by atoms with E-state index in [-0.39, 0.29) is 5.57 Å². The highest BCUT2D eigenvalue weighted by molar-refractivity contribution is 5.91. The Morgan fingerprint density at radius 3 is 2.08 bits per heavy atom. The van der Waals surface area contributed by atoms with Crippen molar-refractivity contribution in [3.63, 3.8) is 0 Å². The van der Waals surface area contributed by atoms with Crippen LogP contribution in [0.1, 0.15) is 6.42 Å². The average Bonchev–Trinajstić information content (AvgIpc) is 1.83. The van der Waals surface area contributed by atoms with Crippen molar-refractivity contribution in [3.05, 3.63) is 11.8 Å². The first-order valence-corrected chi connectivity index (χ1v) is 3.25. The van der Waals surface area contributed by atoms with Gasteiger partial charge in [-0.15, -0.1) is 0 Å². The van der Waals surface area contributed by atoms with Crippen LogP contribution in [-0.4, -0.2) is 41.1 Å². The Bertz CT molecular complexity index is 219. The van der Waals surface area contributed by atoms with Crippen molar-refractivity contribution in [2.45, 2.75) is 6.42 Å². The van der Waals surface area contributed by atoms with Crippen LogP contribution in [0.5, 0.6) is 0 Å². The Morgan fingerprint density at radius 2 is 1.83 bits per heavy atom. The van der Waals surface area contributed by atoms with Gasteiger partial charge in [-0.3, -0.25) is 4.79 Å². The lowest BCUT2D eigenvalue weighted by Crippen LogP contribution is -2.11. The number of carbonyl (C=O) groups is 2. The summed E-state index contributed by atoms with van der Waals surface area (Å²) in [7, 11) is 3.26. The third-order valence-electron chi connectivity index (χ3n) is 1.03. The first-order valence-electron chi connectivity index (χ1n) is 3.25. The lowest BCUT2D eigenvalue weighted by Gasteiger charge is -2.06. The Kier molecular flexibility index (Phi) is 3.82. The Balaban J connectivity index is 4.44. The predicted octanol–water partition coefficient (Wildman–Crippen LogP) is -0.00880. The minimum atomic E-state index is -1.20. The van der Waals surface area contributed by atoms with Crippen LogP contribution >= 0.6 is 0 Å². The zero-order valence-electron chi connectivity index (χ0n) is 6.94. The van der Waals surface area contributed by atoms with E-state index in [4.69, 9.17) is 10.2 Å². The van der Waals surface area contributed by atoms with E-state index in [0.29, 0.717) is 0 Å². The lowest BCUT2D eigenvalue weighted by molar-refractivity contribution is -0.139. The van der Waals surface area contributed by atoms with E-state index >= 15 is 0 Å². The van der Waals surface area contributed by atoms with Crippen LogP contribution in [0.3, 0.4) is 0 Å². The molecule has 0 aromatic rings. The Hall–Kier alpha value is -1.52. The molecular weight excluding hydrogens is 162 g/mol. The summed E-state index contributed by atoms with van der Waals surface area (Å²) in [6, 6.07) is 0. The van der Waals surface area contributed by atoms with Gasteiger partial charge in [0.05, 0.1) is 12.0 Å². The van der Waals surface area contributed by atoms with Crippen molar-refractivity contribution >= 4 is 11.9 Å². The highest BCUT2D eigenvalue weighted by Crippen LogP contribution is 2.01. The van der Waals surface area contributed by atoms with Gasteiger partial charge in [-0.1, -0.05) is 0 Å². The van der Waals surface area contributed by atoms with E-state index in [1.165, 1.54) is 11.1 Å². The summed E-state index contributed by atoms with van der Waals surface area (Å²) >= 11 is 0. The molecule has 0 aliphatic rings. The second kappa shape index (κ2) is 4.38. The van der Waals surface area contributed by atoms with Crippen molar-refractivity contribution in [3.8, 4) is 0 Å². The lowest BCUT2D eigenvalue weighted by atomic mass is 10.2. The van der Waals surface area contributed by atoms with E-state index in [1.807, 2.05) is 0 Å². The fourth-order valence-corrected chi connectivity index (χ4v) is 0.651. The molecule has 0 fully saturated rings. The zero-order chi connectivity index (χ0) is 9.72. The van der Waals surface area contributed by atoms with Gasteiger partial charge in [-0.2, -0.15) is 0 Å². The van der Waals surface area contributed by atoms with Crippen molar-refractivity contribution in [1.29, 1.82) is 0 Å². The first kappa shape index (κ1) is 10.5. The van der Waals surface area contributed by atoms with Gasteiger partial charge in [0.1, 0.15) is 0 Å². The first-order chi connectivity index (χ1) is 5.43. The van der Waals surface area contributed by atoms with E-state index < -0.39 is 18.4 Å². The molecule has 0 unspecified atom stereocenters. The molecule has 0 amide bonds.